The molecule has 0 aliphatic rings. The third-order valence-corrected chi connectivity index (χ3v) is 2.11. The van der Waals surface area contributed by atoms with Crippen molar-refractivity contribution in [3.8, 4) is 17.0 Å². The number of halogens is 1. The predicted molar refractivity (Wildman–Crippen MR) is 56.8 cm³/mol. The molecule has 1 heterocycles. The van der Waals surface area contributed by atoms with Crippen LogP contribution in [0.3, 0.4) is 0 Å². The minimum Gasteiger partial charge on any atom is -0.490 e. The van der Waals surface area contributed by atoms with Gasteiger partial charge in [0.05, 0.1) is 13.4 Å². The Morgan fingerprint density at radius 1 is 1.44 bits per heavy atom. The summed E-state index contributed by atoms with van der Waals surface area (Å²) < 4.78 is 18.0. The van der Waals surface area contributed by atoms with Crippen LogP contribution in [0.15, 0.2) is 35.4 Å². The summed E-state index contributed by atoms with van der Waals surface area (Å²) in [5, 5.41) is 0. The van der Waals surface area contributed by atoms with Crippen molar-refractivity contribution < 1.29 is 9.13 Å². The van der Waals surface area contributed by atoms with Crippen LogP contribution in [0.4, 0.5) is 4.39 Å². The quantitative estimate of drug-likeness (QED) is 0.836. The molecule has 0 aliphatic heterocycles. The fourth-order valence-electron chi connectivity index (χ4n) is 1.42. The second kappa shape index (κ2) is 4.14. The normalized spacial score (nSPS) is 10.1. The molecule has 2 rings (SSSR count). The Balaban J connectivity index is 2.64. The Hall–Kier alpha value is -2.17. The Kier molecular flexibility index (Phi) is 2.68. The molecule has 0 bridgehead atoms. The molecule has 2 aromatic rings. The Morgan fingerprint density at radius 3 is 2.94 bits per heavy atom. The van der Waals surface area contributed by atoms with Gasteiger partial charge in [-0.15, -0.1) is 0 Å². The SMILES string of the molecule is COc1c(-c2cccc(F)c2)nc[nH]c1=O. The molecule has 1 N–H and O–H groups in total. The van der Waals surface area contributed by atoms with Crippen molar-refractivity contribution >= 4 is 0 Å². The molecule has 0 aliphatic carbocycles. The number of methoxy groups -OCH3 is 1. The van der Waals surface area contributed by atoms with Crippen molar-refractivity contribution in [1.82, 2.24) is 9.97 Å². The molecular formula is C11H9FN2O2. The van der Waals surface area contributed by atoms with Gasteiger partial charge < -0.3 is 9.72 Å². The number of aromatic amines is 1. The third kappa shape index (κ3) is 1.79. The molecule has 0 amide bonds. The molecular weight excluding hydrogens is 211 g/mol. The van der Waals surface area contributed by atoms with Crippen molar-refractivity contribution in [2.24, 2.45) is 0 Å². The van der Waals surface area contributed by atoms with Crippen LogP contribution >= 0.6 is 0 Å². The van der Waals surface area contributed by atoms with E-state index in [0.29, 0.717) is 11.3 Å². The third-order valence-electron chi connectivity index (χ3n) is 2.11. The lowest BCUT2D eigenvalue weighted by Gasteiger charge is -2.05. The molecule has 0 saturated heterocycles. The molecule has 0 spiro atoms. The lowest BCUT2D eigenvalue weighted by atomic mass is 10.1. The summed E-state index contributed by atoms with van der Waals surface area (Å²) in [6.07, 6.45) is 1.26. The molecule has 1 aromatic carbocycles. The number of H-pyrrole nitrogens is 1. The smallest absolute Gasteiger partial charge is 0.293 e. The van der Waals surface area contributed by atoms with Crippen molar-refractivity contribution in [2.75, 3.05) is 7.11 Å². The summed E-state index contributed by atoms with van der Waals surface area (Å²) in [6.45, 7) is 0. The fraction of sp³-hybridized carbons (Fsp3) is 0.0909. The average Bonchev–Trinajstić information content (AvgIpc) is 2.28. The first-order valence-corrected chi connectivity index (χ1v) is 4.60. The maximum Gasteiger partial charge on any atom is 0.293 e. The maximum absolute atomic E-state index is 13.0. The van der Waals surface area contributed by atoms with E-state index in [-0.39, 0.29) is 11.6 Å². The number of benzene rings is 1. The number of nitrogens with zero attached hydrogens (tertiary/aromatic N) is 1. The van der Waals surface area contributed by atoms with E-state index in [2.05, 4.69) is 9.97 Å². The number of hydrogen-bond acceptors (Lipinski definition) is 3. The number of nitrogens with one attached hydrogen (secondary N) is 1. The molecule has 82 valence electrons. The minimum atomic E-state index is -0.392. The molecule has 0 radical (unpaired) electrons. The van der Waals surface area contributed by atoms with E-state index in [1.807, 2.05) is 0 Å². The molecule has 0 atom stereocenters. The molecule has 0 unspecified atom stereocenters. The van der Waals surface area contributed by atoms with Crippen molar-refractivity contribution in [3.05, 3.63) is 46.8 Å². The number of hydrogen-bond donors (Lipinski definition) is 1. The van der Waals surface area contributed by atoms with Crippen LogP contribution in [0.5, 0.6) is 5.75 Å². The molecule has 0 fully saturated rings. The lowest BCUT2D eigenvalue weighted by molar-refractivity contribution is 0.408. The van der Waals surface area contributed by atoms with E-state index in [0.717, 1.165) is 0 Å². The molecule has 4 nitrogen and oxygen atoms in total. The van der Waals surface area contributed by atoms with Gasteiger partial charge in [-0.2, -0.15) is 0 Å². The number of ether oxygens (including phenoxy) is 1. The lowest BCUT2D eigenvalue weighted by Crippen LogP contribution is -2.11. The van der Waals surface area contributed by atoms with Crippen LogP contribution in [-0.2, 0) is 0 Å². The van der Waals surface area contributed by atoms with E-state index >= 15 is 0 Å². The summed E-state index contributed by atoms with van der Waals surface area (Å²) in [4.78, 5) is 17.8. The van der Waals surface area contributed by atoms with Gasteiger partial charge in [-0.1, -0.05) is 12.1 Å². The number of rotatable bonds is 2. The van der Waals surface area contributed by atoms with Crippen molar-refractivity contribution in [1.29, 1.82) is 0 Å². The van der Waals surface area contributed by atoms with Crippen LogP contribution < -0.4 is 10.3 Å². The van der Waals surface area contributed by atoms with Gasteiger partial charge in [0.1, 0.15) is 11.5 Å². The maximum atomic E-state index is 13.0. The van der Waals surface area contributed by atoms with E-state index in [1.54, 1.807) is 12.1 Å². The van der Waals surface area contributed by atoms with Crippen molar-refractivity contribution in [2.45, 2.75) is 0 Å². The molecule has 5 heteroatoms. The first kappa shape index (κ1) is 10.4. The van der Waals surface area contributed by atoms with Gasteiger partial charge in [-0.3, -0.25) is 4.79 Å². The van der Waals surface area contributed by atoms with Gasteiger partial charge >= 0.3 is 0 Å². The van der Waals surface area contributed by atoms with Gasteiger partial charge in [0, 0.05) is 5.56 Å². The standard InChI is InChI=1S/C11H9FN2O2/c1-16-10-9(13-6-14-11(10)15)7-3-2-4-8(12)5-7/h2-6H,1H3,(H,13,14,15). The van der Waals surface area contributed by atoms with Gasteiger partial charge in [0.15, 0.2) is 0 Å². The highest BCUT2D eigenvalue weighted by molar-refractivity contribution is 5.65. The monoisotopic (exact) mass is 220 g/mol. The van der Waals surface area contributed by atoms with Gasteiger partial charge in [-0.25, -0.2) is 9.37 Å². The van der Waals surface area contributed by atoms with Gasteiger partial charge in [0.2, 0.25) is 5.75 Å². The van der Waals surface area contributed by atoms with Gasteiger partial charge in [0.25, 0.3) is 5.56 Å². The Morgan fingerprint density at radius 2 is 2.25 bits per heavy atom. The topological polar surface area (TPSA) is 55.0 Å². The van der Waals surface area contributed by atoms with Crippen LogP contribution in [0.2, 0.25) is 0 Å². The summed E-state index contributed by atoms with van der Waals surface area (Å²) >= 11 is 0. The fourth-order valence-corrected chi connectivity index (χ4v) is 1.42. The summed E-state index contributed by atoms with van der Waals surface area (Å²) in [6, 6.07) is 5.83. The second-order valence-corrected chi connectivity index (χ2v) is 3.12. The number of aromatic nitrogens is 2. The second-order valence-electron chi connectivity index (χ2n) is 3.12. The molecule has 16 heavy (non-hydrogen) atoms. The Bertz CT molecular complexity index is 566. The zero-order valence-electron chi connectivity index (χ0n) is 8.53. The van der Waals surface area contributed by atoms with Crippen molar-refractivity contribution in [3.63, 3.8) is 0 Å². The summed E-state index contributed by atoms with van der Waals surface area (Å²) in [5.41, 5.74) is 0.436. The van der Waals surface area contributed by atoms with Crippen LogP contribution in [0, 0.1) is 5.82 Å². The van der Waals surface area contributed by atoms with Crippen LogP contribution in [-0.4, -0.2) is 17.1 Å². The zero-order valence-corrected chi connectivity index (χ0v) is 8.53. The summed E-state index contributed by atoms with van der Waals surface area (Å²) in [5.74, 6) is -0.310. The highest BCUT2D eigenvalue weighted by Crippen LogP contribution is 2.23. The highest BCUT2D eigenvalue weighted by Gasteiger charge is 2.11. The first-order valence-electron chi connectivity index (χ1n) is 4.60. The largest absolute Gasteiger partial charge is 0.490 e. The summed E-state index contributed by atoms with van der Waals surface area (Å²) in [7, 11) is 1.37. The Labute approximate surface area is 90.7 Å². The van der Waals surface area contributed by atoms with Crippen LogP contribution in [0.1, 0.15) is 0 Å². The predicted octanol–water partition coefficient (Wildman–Crippen LogP) is 1.58. The van der Waals surface area contributed by atoms with E-state index in [4.69, 9.17) is 4.74 Å². The van der Waals surface area contributed by atoms with E-state index in [9.17, 15) is 9.18 Å². The average molecular weight is 220 g/mol. The van der Waals surface area contributed by atoms with Crippen LogP contribution in [0.25, 0.3) is 11.3 Å². The van der Waals surface area contributed by atoms with Gasteiger partial charge in [-0.05, 0) is 12.1 Å². The molecule has 1 aromatic heterocycles. The minimum absolute atomic E-state index is 0.0769. The highest BCUT2D eigenvalue weighted by atomic mass is 19.1. The molecule has 0 saturated carbocycles. The zero-order chi connectivity index (χ0) is 11.5. The van der Waals surface area contributed by atoms with E-state index < -0.39 is 5.56 Å². The van der Waals surface area contributed by atoms with E-state index in [1.165, 1.54) is 25.6 Å². The first-order chi connectivity index (χ1) is 7.72.